The largest absolute Gasteiger partial charge is 0.507 e. The lowest BCUT2D eigenvalue weighted by Crippen LogP contribution is -2.29. The van der Waals surface area contributed by atoms with E-state index in [1.54, 1.807) is 32.2 Å². The molecule has 2 aromatic carbocycles. The highest BCUT2D eigenvalue weighted by Crippen LogP contribution is 2.46. The van der Waals surface area contributed by atoms with Crippen molar-refractivity contribution in [2.75, 3.05) is 0 Å². The van der Waals surface area contributed by atoms with E-state index in [1.807, 2.05) is 30.3 Å². The molecule has 39 heavy (non-hydrogen) atoms. The molecule has 1 N–H and O–H groups in total. The molecule has 0 aliphatic carbocycles. The van der Waals surface area contributed by atoms with Gasteiger partial charge < -0.3 is 19.1 Å². The third kappa shape index (κ3) is 5.24. The number of phenolic OH excluding ortho intramolecular Hbond substituents is 1. The van der Waals surface area contributed by atoms with Crippen LogP contribution in [-0.2, 0) is 21.4 Å². The molecule has 1 aromatic heterocycles. The normalized spacial score (nSPS) is 20.5. The average molecular weight is 530 g/mol. The summed E-state index contributed by atoms with van der Waals surface area (Å²) in [4.78, 5) is 51.6. The van der Waals surface area contributed by atoms with Gasteiger partial charge in [-0.2, -0.15) is 0 Å². The van der Waals surface area contributed by atoms with Crippen LogP contribution in [0.3, 0.4) is 0 Å². The van der Waals surface area contributed by atoms with Gasteiger partial charge in [-0.05, 0) is 61.8 Å². The fraction of sp³-hybridized carbons (Fsp3) is 0.355. The summed E-state index contributed by atoms with van der Waals surface area (Å²) in [5.41, 5.74) is 1.28. The summed E-state index contributed by atoms with van der Waals surface area (Å²) < 4.78 is 12.7. The van der Waals surface area contributed by atoms with Gasteiger partial charge >= 0.3 is 11.9 Å². The van der Waals surface area contributed by atoms with Crippen molar-refractivity contribution in [1.82, 2.24) is 4.57 Å². The van der Waals surface area contributed by atoms with Crippen LogP contribution in [-0.4, -0.2) is 33.5 Å². The minimum Gasteiger partial charge on any atom is -0.507 e. The summed E-state index contributed by atoms with van der Waals surface area (Å²) in [6.07, 6.45) is 6.16. The Morgan fingerprint density at radius 2 is 1.79 bits per heavy atom. The van der Waals surface area contributed by atoms with Crippen LogP contribution < -0.4 is 10.3 Å². The maximum absolute atomic E-state index is 13.4. The number of fused-ring (bicyclic) bond motifs is 3. The molecule has 2 aliphatic heterocycles. The van der Waals surface area contributed by atoms with E-state index in [1.165, 1.54) is 4.57 Å². The van der Waals surface area contributed by atoms with Crippen LogP contribution >= 0.6 is 0 Å². The Labute approximate surface area is 225 Å². The molecular weight excluding hydrogens is 498 g/mol. The SMILES string of the molecule is CC1CCCC(=O)CCCC=Cc2cc3c(c(O)c2C(=O)O1)C(c1cc2ccccc2n(C)c1=O)CC(=O)O3. The molecule has 0 bridgehead atoms. The number of hydrogen-bond acceptors (Lipinski definition) is 7. The molecule has 0 spiro atoms. The summed E-state index contributed by atoms with van der Waals surface area (Å²) in [5.74, 6) is -2.15. The van der Waals surface area contributed by atoms with E-state index in [2.05, 4.69) is 0 Å². The minimum absolute atomic E-state index is 0.0365. The first kappa shape index (κ1) is 26.4. The number of aryl methyl sites for hydroxylation is 1. The first-order valence-electron chi connectivity index (χ1n) is 13.3. The lowest BCUT2D eigenvalue weighted by Gasteiger charge is -2.27. The molecule has 3 aromatic rings. The number of phenols is 1. The van der Waals surface area contributed by atoms with Crippen molar-refractivity contribution >= 4 is 34.7 Å². The van der Waals surface area contributed by atoms with E-state index < -0.39 is 24.0 Å². The van der Waals surface area contributed by atoms with Gasteiger partial charge in [-0.25, -0.2) is 4.79 Å². The second-order valence-corrected chi connectivity index (χ2v) is 10.3. The predicted molar refractivity (Wildman–Crippen MR) is 146 cm³/mol. The number of nitrogens with zero attached hydrogens (tertiary/aromatic N) is 1. The van der Waals surface area contributed by atoms with Crippen molar-refractivity contribution < 1.29 is 29.0 Å². The molecule has 0 saturated carbocycles. The fourth-order valence-corrected chi connectivity index (χ4v) is 5.48. The summed E-state index contributed by atoms with van der Waals surface area (Å²) in [7, 11) is 1.66. The third-order valence-corrected chi connectivity index (χ3v) is 7.51. The molecule has 202 valence electrons. The number of esters is 2. The Kier molecular flexibility index (Phi) is 7.37. The summed E-state index contributed by atoms with van der Waals surface area (Å²) in [6, 6.07) is 10.7. The number of pyridine rings is 1. The van der Waals surface area contributed by atoms with Gasteiger partial charge in [-0.1, -0.05) is 30.4 Å². The van der Waals surface area contributed by atoms with Crippen LogP contribution in [0.25, 0.3) is 17.0 Å². The zero-order valence-electron chi connectivity index (χ0n) is 22.1. The molecule has 0 radical (unpaired) electrons. The number of aromatic hydroxyl groups is 1. The monoisotopic (exact) mass is 529 g/mol. The number of hydrogen-bond donors (Lipinski definition) is 1. The predicted octanol–water partition coefficient (Wildman–Crippen LogP) is 5.17. The van der Waals surface area contributed by atoms with Crippen molar-refractivity contribution in [3.8, 4) is 11.5 Å². The van der Waals surface area contributed by atoms with Gasteiger partial charge in [0.15, 0.2) is 0 Å². The van der Waals surface area contributed by atoms with Crippen LogP contribution in [0.15, 0.2) is 47.3 Å². The van der Waals surface area contributed by atoms with Gasteiger partial charge in [0.25, 0.3) is 5.56 Å². The highest BCUT2D eigenvalue weighted by Gasteiger charge is 2.37. The second kappa shape index (κ2) is 10.9. The number of para-hydroxylation sites is 1. The number of ketones is 1. The molecule has 0 fully saturated rings. The van der Waals surface area contributed by atoms with Gasteiger partial charge in [0, 0.05) is 36.9 Å². The Balaban J connectivity index is 1.67. The number of benzene rings is 2. The number of ether oxygens (including phenoxy) is 2. The summed E-state index contributed by atoms with van der Waals surface area (Å²) in [6.45, 7) is 1.75. The maximum atomic E-state index is 13.4. The van der Waals surface area contributed by atoms with Crippen molar-refractivity contribution in [1.29, 1.82) is 0 Å². The number of aromatic nitrogens is 1. The lowest BCUT2D eigenvalue weighted by molar-refractivity contribution is -0.135. The number of rotatable bonds is 1. The Morgan fingerprint density at radius 1 is 1.03 bits per heavy atom. The van der Waals surface area contributed by atoms with Gasteiger partial charge in [0.2, 0.25) is 0 Å². The van der Waals surface area contributed by atoms with Crippen molar-refractivity contribution in [2.45, 2.75) is 63.9 Å². The zero-order chi connectivity index (χ0) is 27.7. The van der Waals surface area contributed by atoms with Crippen LogP contribution in [0.5, 0.6) is 11.5 Å². The number of allylic oxidation sites excluding steroid dienone is 1. The van der Waals surface area contributed by atoms with Gasteiger partial charge in [-0.15, -0.1) is 0 Å². The maximum Gasteiger partial charge on any atom is 0.342 e. The van der Waals surface area contributed by atoms with Crippen molar-refractivity contribution in [3.63, 3.8) is 0 Å². The van der Waals surface area contributed by atoms with E-state index in [0.717, 1.165) is 10.9 Å². The van der Waals surface area contributed by atoms with E-state index in [-0.39, 0.29) is 40.4 Å². The number of Topliss-reactive ketones (excluding diaryl/α,β-unsaturated/α-hetero) is 1. The van der Waals surface area contributed by atoms with Crippen LogP contribution in [0.4, 0.5) is 0 Å². The average Bonchev–Trinajstić information content (AvgIpc) is 2.89. The Hall–Kier alpha value is -4.20. The third-order valence-electron chi connectivity index (χ3n) is 7.51. The van der Waals surface area contributed by atoms with Crippen LogP contribution in [0.1, 0.15) is 84.8 Å². The minimum atomic E-state index is -0.817. The van der Waals surface area contributed by atoms with Crippen LogP contribution in [0, 0.1) is 0 Å². The molecule has 8 heteroatoms. The molecule has 3 heterocycles. The molecule has 2 aliphatic rings. The van der Waals surface area contributed by atoms with Crippen molar-refractivity contribution in [3.05, 3.63) is 75.1 Å². The molecule has 2 unspecified atom stereocenters. The second-order valence-electron chi connectivity index (χ2n) is 10.3. The first-order chi connectivity index (χ1) is 18.7. The summed E-state index contributed by atoms with van der Waals surface area (Å²) >= 11 is 0. The molecule has 5 rings (SSSR count). The van der Waals surface area contributed by atoms with Gasteiger partial charge in [0.05, 0.1) is 18.0 Å². The topological polar surface area (TPSA) is 112 Å². The molecule has 0 saturated heterocycles. The van der Waals surface area contributed by atoms with Crippen LogP contribution in [0.2, 0.25) is 0 Å². The molecule has 2 atom stereocenters. The highest BCUT2D eigenvalue weighted by atomic mass is 16.5. The smallest absolute Gasteiger partial charge is 0.342 e. The molecule has 0 amide bonds. The highest BCUT2D eigenvalue weighted by molar-refractivity contribution is 5.98. The van der Waals surface area contributed by atoms with Gasteiger partial charge in [0.1, 0.15) is 22.8 Å². The van der Waals surface area contributed by atoms with Gasteiger partial charge in [-0.3, -0.25) is 14.4 Å². The quantitative estimate of drug-likeness (QED) is 0.342. The fourth-order valence-electron chi connectivity index (χ4n) is 5.48. The molecule has 8 nitrogen and oxygen atoms in total. The zero-order valence-corrected chi connectivity index (χ0v) is 22.1. The number of carbonyl (C=O) groups excluding carboxylic acids is 3. The van der Waals surface area contributed by atoms with E-state index in [4.69, 9.17) is 9.47 Å². The van der Waals surface area contributed by atoms with E-state index in [9.17, 15) is 24.3 Å². The number of cyclic esters (lactones) is 1. The lowest BCUT2D eigenvalue weighted by atomic mass is 9.83. The van der Waals surface area contributed by atoms with E-state index in [0.29, 0.717) is 49.7 Å². The number of carbonyl (C=O) groups is 3. The van der Waals surface area contributed by atoms with E-state index >= 15 is 0 Å². The molecular formula is C31H31NO7. The Bertz CT molecular complexity index is 1570. The van der Waals surface area contributed by atoms with Crippen molar-refractivity contribution in [2.24, 2.45) is 7.05 Å². The Morgan fingerprint density at radius 3 is 2.62 bits per heavy atom. The summed E-state index contributed by atoms with van der Waals surface area (Å²) in [5, 5.41) is 12.4. The first-order valence-corrected chi connectivity index (χ1v) is 13.3. The standard InChI is InChI=1S/C31H31NO7/c1-18-9-8-13-21(33)12-5-3-4-11-20-16-25-28(29(35)27(20)31(37)38-18)22(17-26(34)39-25)23-15-19-10-6-7-14-24(19)32(2)30(23)36/h4,6-7,10-11,14-16,18,22,35H,3,5,8-9,12-13,17H2,1-2H3.